The Hall–Kier alpha value is -1.71. The van der Waals surface area contributed by atoms with Crippen LogP contribution in [0.4, 0.5) is 10.1 Å². The fourth-order valence-corrected chi connectivity index (χ4v) is 3.76. The first-order valence-corrected chi connectivity index (χ1v) is 7.74. The molecule has 2 aromatic carbocycles. The monoisotopic (exact) mass is 352 g/mol. The van der Waals surface area contributed by atoms with Gasteiger partial charge >= 0.3 is 0 Å². The van der Waals surface area contributed by atoms with Gasteiger partial charge in [-0.3, -0.25) is 4.21 Å². The van der Waals surface area contributed by atoms with Crippen LogP contribution in [0.2, 0.25) is 0 Å². The maximum atomic E-state index is 13.8. The van der Waals surface area contributed by atoms with Gasteiger partial charge in [0, 0.05) is 15.7 Å². The van der Waals surface area contributed by atoms with Crippen LogP contribution >= 0.6 is 15.9 Å². The average Bonchev–Trinajstić information content (AvgIpc) is 2.40. The van der Waals surface area contributed by atoms with Crippen molar-refractivity contribution in [2.75, 3.05) is 5.73 Å². The largest absolute Gasteiger partial charge is 0.399 e. The van der Waals surface area contributed by atoms with Crippen molar-refractivity contribution in [1.29, 1.82) is 5.26 Å². The van der Waals surface area contributed by atoms with Gasteiger partial charge in [-0.15, -0.1) is 0 Å². The van der Waals surface area contributed by atoms with E-state index in [-0.39, 0.29) is 11.3 Å². The number of benzene rings is 2. The van der Waals surface area contributed by atoms with Gasteiger partial charge in [0.05, 0.1) is 33.1 Å². The van der Waals surface area contributed by atoms with E-state index in [9.17, 15) is 8.60 Å². The number of nitrogens with two attached hydrogens (primary N) is 1. The van der Waals surface area contributed by atoms with E-state index in [0.29, 0.717) is 20.6 Å². The summed E-state index contributed by atoms with van der Waals surface area (Å²) in [5.74, 6) is -0.482. The zero-order valence-electron chi connectivity index (χ0n) is 10.3. The molecular weight excluding hydrogens is 343 g/mol. The molecule has 2 rings (SSSR count). The number of halogens is 2. The summed E-state index contributed by atoms with van der Waals surface area (Å²) in [6.45, 7) is 0. The lowest BCUT2D eigenvalue weighted by molar-refractivity contribution is 0.614. The summed E-state index contributed by atoms with van der Waals surface area (Å²) in [5.41, 5.74) is 6.73. The molecule has 102 valence electrons. The van der Waals surface area contributed by atoms with Gasteiger partial charge in [0.2, 0.25) is 0 Å². The van der Waals surface area contributed by atoms with E-state index in [4.69, 9.17) is 11.0 Å². The molecule has 0 heterocycles. The molecule has 20 heavy (non-hydrogen) atoms. The predicted octanol–water partition coefficient (Wildman–Crippen LogP) is 3.35. The molecule has 0 aliphatic rings. The number of nitrogens with zero attached hydrogens (tertiary/aromatic N) is 1. The maximum Gasteiger partial charge on any atom is 0.128 e. The Bertz CT molecular complexity index is 728. The van der Waals surface area contributed by atoms with Crippen molar-refractivity contribution in [2.45, 2.75) is 10.6 Å². The molecule has 0 aliphatic carbocycles. The molecule has 0 saturated heterocycles. The number of hydrogen-bond acceptors (Lipinski definition) is 3. The third-order valence-electron chi connectivity index (χ3n) is 2.67. The summed E-state index contributed by atoms with van der Waals surface area (Å²) in [6.07, 6.45) is 0. The minimum atomic E-state index is -1.40. The Balaban J connectivity index is 2.26. The third-order valence-corrected chi connectivity index (χ3v) is 5.01. The van der Waals surface area contributed by atoms with Gasteiger partial charge in [-0.25, -0.2) is 4.39 Å². The molecule has 0 aliphatic heterocycles. The maximum absolute atomic E-state index is 13.8. The Morgan fingerprint density at radius 3 is 2.65 bits per heavy atom. The predicted molar refractivity (Wildman–Crippen MR) is 79.8 cm³/mol. The molecule has 2 aromatic rings. The molecule has 0 saturated carbocycles. The fourth-order valence-electron chi connectivity index (χ4n) is 1.65. The zero-order chi connectivity index (χ0) is 14.7. The Morgan fingerprint density at radius 1 is 1.30 bits per heavy atom. The number of hydrogen-bond donors (Lipinski definition) is 1. The highest BCUT2D eigenvalue weighted by Gasteiger charge is 2.12. The summed E-state index contributed by atoms with van der Waals surface area (Å²) < 4.78 is 26.7. The first-order chi connectivity index (χ1) is 9.51. The summed E-state index contributed by atoms with van der Waals surface area (Å²) in [6, 6.07) is 10.9. The lowest BCUT2D eigenvalue weighted by Gasteiger charge is -2.07. The number of rotatable bonds is 3. The van der Waals surface area contributed by atoms with Crippen molar-refractivity contribution in [3.05, 3.63) is 57.8 Å². The molecular formula is C14H10BrFN2OS. The van der Waals surface area contributed by atoms with Crippen LogP contribution in [0.3, 0.4) is 0 Å². The molecule has 0 aromatic heterocycles. The normalized spacial score (nSPS) is 11.8. The van der Waals surface area contributed by atoms with E-state index in [2.05, 4.69) is 15.9 Å². The van der Waals surface area contributed by atoms with Gasteiger partial charge in [-0.1, -0.05) is 6.07 Å². The van der Waals surface area contributed by atoms with Gasteiger partial charge in [0.15, 0.2) is 0 Å². The van der Waals surface area contributed by atoms with E-state index in [1.165, 1.54) is 12.1 Å². The van der Waals surface area contributed by atoms with Crippen LogP contribution in [0.25, 0.3) is 0 Å². The van der Waals surface area contributed by atoms with Crippen LogP contribution in [0.15, 0.2) is 45.8 Å². The van der Waals surface area contributed by atoms with Gasteiger partial charge in [0.25, 0.3) is 0 Å². The minimum absolute atomic E-state index is 0.0417. The number of anilines is 1. The molecule has 6 heteroatoms. The van der Waals surface area contributed by atoms with Crippen molar-refractivity contribution in [2.24, 2.45) is 0 Å². The number of nitrogen functional groups attached to an aromatic ring is 1. The topological polar surface area (TPSA) is 66.9 Å². The molecule has 0 radical (unpaired) electrons. The molecule has 0 spiro atoms. The van der Waals surface area contributed by atoms with E-state index >= 15 is 0 Å². The van der Waals surface area contributed by atoms with E-state index in [1.54, 1.807) is 18.2 Å². The Kier molecular flexibility index (Phi) is 4.53. The van der Waals surface area contributed by atoms with Gasteiger partial charge < -0.3 is 5.73 Å². The van der Waals surface area contributed by atoms with E-state index in [0.717, 1.165) is 6.07 Å². The summed E-state index contributed by atoms with van der Waals surface area (Å²) in [5, 5.41) is 8.68. The van der Waals surface area contributed by atoms with Crippen molar-refractivity contribution in [1.82, 2.24) is 0 Å². The zero-order valence-corrected chi connectivity index (χ0v) is 12.7. The first-order valence-electron chi connectivity index (χ1n) is 5.63. The molecule has 3 nitrogen and oxygen atoms in total. The van der Waals surface area contributed by atoms with Crippen LogP contribution in [0.5, 0.6) is 0 Å². The first kappa shape index (κ1) is 14.7. The summed E-state index contributed by atoms with van der Waals surface area (Å²) in [4.78, 5) is 0.558. The smallest absolute Gasteiger partial charge is 0.128 e. The fraction of sp³-hybridized carbons (Fsp3) is 0.0714. The quantitative estimate of drug-likeness (QED) is 0.861. The summed E-state index contributed by atoms with van der Waals surface area (Å²) >= 11 is 3.29. The van der Waals surface area contributed by atoms with Crippen molar-refractivity contribution in [3.63, 3.8) is 0 Å². The van der Waals surface area contributed by atoms with Gasteiger partial charge in [-0.2, -0.15) is 5.26 Å². The van der Waals surface area contributed by atoms with Crippen molar-refractivity contribution < 1.29 is 8.60 Å². The minimum Gasteiger partial charge on any atom is -0.399 e. The second kappa shape index (κ2) is 6.16. The second-order valence-corrected chi connectivity index (χ2v) is 6.37. The summed E-state index contributed by atoms with van der Waals surface area (Å²) in [7, 11) is -1.40. The molecule has 0 fully saturated rings. The van der Waals surface area contributed by atoms with Crippen LogP contribution in [-0.2, 0) is 16.6 Å². The van der Waals surface area contributed by atoms with Gasteiger partial charge in [-0.05, 0) is 46.3 Å². The van der Waals surface area contributed by atoms with Crippen LogP contribution in [0.1, 0.15) is 11.1 Å². The SMILES string of the molecule is N#Cc1ccc(CS(=O)c2ccc(N)cc2Br)c(F)c1. The van der Waals surface area contributed by atoms with E-state index in [1.807, 2.05) is 6.07 Å². The number of nitriles is 1. The Morgan fingerprint density at radius 2 is 2.05 bits per heavy atom. The molecule has 2 N–H and O–H groups in total. The van der Waals surface area contributed by atoms with Gasteiger partial charge in [0.1, 0.15) is 5.82 Å². The van der Waals surface area contributed by atoms with Crippen LogP contribution in [-0.4, -0.2) is 4.21 Å². The van der Waals surface area contributed by atoms with E-state index < -0.39 is 16.6 Å². The standard InChI is InChI=1S/C14H10BrFN2OS/c15-12-6-11(18)3-4-14(12)20(19)8-10-2-1-9(7-17)5-13(10)16/h1-6H,8,18H2. The molecule has 1 atom stereocenters. The third kappa shape index (κ3) is 3.24. The highest BCUT2D eigenvalue weighted by molar-refractivity contribution is 9.10. The average molecular weight is 353 g/mol. The lowest BCUT2D eigenvalue weighted by Crippen LogP contribution is -2.01. The molecule has 1 unspecified atom stereocenters. The lowest BCUT2D eigenvalue weighted by atomic mass is 10.1. The Labute approximate surface area is 126 Å². The second-order valence-electron chi connectivity index (χ2n) is 4.10. The van der Waals surface area contributed by atoms with Crippen molar-refractivity contribution in [3.8, 4) is 6.07 Å². The van der Waals surface area contributed by atoms with Crippen LogP contribution < -0.4 is 5.73 Å². The van der Waals surface area contributed by atoms with Crippen molar-refractivity contribution >= 4 is 32.4 Å². The molecule has 0 amide bonds. The highest BCUT2D eigenvalue weighted by Crippen LogP contribution is 2.25. The van der Waals surface area contributed by atoms with Crippen LogP contribution in [0, 0.1) is 17.1 Å². The molecule has 0 bridgehead atoms. The highest BCUT2D eigenvalue weighted by atomic mass is 79.9.